The number of hydrogen-bond acceptors (Lipinski definition) is 5. The molecule has 0 unspecified atom stereocenters. The van der Waals surface area contributed by atoms with Crippen LogP contribution in [0.3, 0.4) is 0 Å². The molecule has 0 radical (unpaired) electrons. The topological polar surface area (TPSA) is 42.8 Å². The van der Waals surface area contributed by atoms with Crippen molar-refractivity contribution >= 4 is 34.2 Å². The van der Waals surface area contributed by atoms with Gasteiger partial charge in [0.15, 0.2) is 5.17 Å². The van der Waals surface area contributed by atoms with Crippen LogP contribution in [-0.2, 0) is 0 Å². The third-order valence-corrected chi connectivity index (χ3v) is 5.76. The van der Waals surface area contributed by atoms with Crippen molar-refractivity contribution in [1.29, 1.82) is 0 Å². The molecule has 1 saturated carbocycles. The Kier molecular flexibility index (Phi) is 4.78. The Bertz CT molecular complexity index is 654. The average Bonchev–Trinajstić information content (AvgIpc) is 2.84. The van der Waals surface area contributed by atoms with Crippen LogP contribution in [0.2, 0.25) is 5.02 Å². The number of anilines is 1. The van der Waals surface area contributed by atoms with E-state index in [0.29, 0.717) is 16.5 Å². The molecule has 0 saturated heterocycles. The summed E-state index contributed by atoms with van der Waals surface area (Å²) in [6.45, 7) is 4.24. The lowest BCUT2D eigenvalue weighted by molar-refractivity contribution is 0.360. The molecular weight excluding hydrogens is 332 g/mol. The minimum absolute atomic E-state index is 0.0883. The van der Waals surface area contributed by atoms with Crippen molar-refractivity contribution in [3.8, 4) is 11.5 Å². The number of amidine groups is 1. The summed E-state index contributed by atoms with van der Waals surface area (Å²) in [6, 6.07) is 3.58. The molecule has 0 atom stereocenters. The van der Waals surface area contributed by atoms with Crippen LogP contribution in [0.5, 0.6) is 11.5 Å². The average molecular weight is 353 g/mol. The van der Waals surface area contributed by atoms with Crippen LogP contribution in [-0.4, -0.2) is 24.9 Å². The van der Waals surface area contributed by atoms with Gasteiger partial charge >= 0.3 is 0 Å². The van der Waals surface area contributed by atoms with E-state index in [1.807, 2.05) is 6.07 Å². The Balaban J connectivity index is 1.87. The van der Waals surface area contributed by atoms with Crippen molar-refractivity contribution in [2.24, 2.45) is 4.99 Å². The molecule has 1 heterocycles. The molecule has 23 heavy (non-hydrogen) atoms. The van der Waals surface area contributed by atoms with Crippen LogP contribution in [0.25, 0.3) is 0 Å². The van der Waals surface area contributed by atoms with Crippen LogP contribution in [0.1, 0.15) is 32.1 Å². The van der Waals surface area contributed by atoms with Crippen molar-refractivity contribution < 1.29 is 9.47 Å². The van der Waals surface area contributed by atoms with Crippen molar-refractivity contribution in [3.05, 3.63) is 28.6 Å². The van der Waals surface area contributed by atoms with E-state index in [9.17, 15) is 0 Å². The molecular formula is C17H21ClN2O2S. The highest BCUT2D eigenvalue weighted by atomic mass is 35.5. The number of halogens is 1. The molecule has 6 heteroatoms. The first-order valence-corrected chi connectivity index (χ1v) is 8.93. The number of ether oxygens (including phenoxy) is 2. The van der Waals surface area contributed by atoms with Gasteiger partial charge < -0.3 is 14.8 Å². The molecule has 124 valence electrons. The summed E-state index contributed by atoms with van der Waals surface area (Å²) < 4.78 is 10.7. The maximum atomic E-state index is 6.15. The van der Waals surface area contributed by atoms with Gasteiger partial charge in [0.25, 0.3) is 0 Å². The molecule has 1 aromatic carbocycles. The maximum Gasteiger partial charge on any atom is 0.166 e. The first-order chi connectivity index (χ1) is 11.1. The predicted molar refractivity (Wildman–Crippen MR) is 98.2 cm³/mol. The second kappa shape index (κ2) is 6.65. The Morgan fingerprint density at radius 2 is 1.87 bits per heavy atom. The summed E-state index contributed by atoms with van der Waals surface area (Å²) in [5, 5.41) is 4.73. The SMILES string of the molecule is C=C1SC(Nc2cc(OC)c(Cl)cc2OC)=NC12CCCCC2. The normalized spacial score (nSPS) is 19.6. The van der Waals surface area contributed by atoms with E-state index in [1.165, 1.54) is 19.3 Å². The van der Waals surface area contributed by atoms with Gasteiger partial charge in [-0.2, -0.15) is 0 Å². The smallest absolute Gasteiger partial charge is 0.166 e. The predicted octanol–water partition coefficient (Wildman–Crippen LogP) is 5.09. The van der Waals surface area contributed by atoms with Crippen molar-refractivity contribution in [1.82, 2.24) is 0 Å². The van der Waals surface area contributed by atoms with Gasteiger partial charge in [0.05, 0.1) is 30.5 Å². The van der Waals surface area contributed by atoms with Crippen molar-refractivity contribution in [2.75, 3.05) is 19.5 Å². The zero-order chi connectivity index (χ0) is 16.4. The van der Waals surface area contributed by atoms with Gasteiger partial charge in [0.2, 0.25) is 0 Å². The van der Waals surface area contributed by atoms with Crippen LogP contribution in [0, 0.1) is 0 Å². The quantitative estimate of drug-likeness (QED) is 0.822. The fraction of sp³-hybridized carbons (Fsp3) is 0.471. The Morgan fingerprint density at radius 1 is 1.17 bits per heavy atom. The second-order valence-corrected chi connectivity index (χ2v) is 7.34. The number of hydrogen-bond donors (Lipinski definition) is 1. The van der Waals surface area contributed by atoms with E-state index in [-0.39, 0.29) is 5.54 Å². The maximum absolute atomic E-state index is 6.15. The fourth-order valence-electron chi connectivity index (χ4n) is 3.15. The Morgan fingerprint density at radius 3 is 2.52 bits per heavy atom. The molecule has 1 aliphatic heterocycles. The van der Waals surface area contributed by atoms with E-state index < -0.39 is 0 Å². The molecule has 0 amide bonds. The summed E-state index contributed by atoms with van der Waals surface area (Å²) in [4.78, 5) is 6.09. The van der Waals surface area contributed by atoms with Crippen LogP contribution in [0.15, 0.2) is 28.6 Å². The van der Waals surface area contributed by atoms with Gasteiger partial charge in [-0.25, -0.2) is 4.99 Å². The number of rotatable bonds is 3. The van der Waals surface area contributed by atoms with Gasteiger partial charge in [-0.05, 0) is 12.8 Å². The number of nitrogens with zero attached hydrogens (tertiary/aromatic N) is 1. The Labute approximate surface area is 146 Å². The van der Waals surface area contributed by atoms with Gasteiger partial charge in [-0.3, -0.25) is 0 Å². The molecule has 1 aliphatic carbocycles. The third-order valence-electron chi connectivity index (χ3n) is 4.45. The molecule has 1 fully saturated rings. The molecule has 3 rings (SSSR count). The first kappa shape index (κ1) is 16.5. The highest BCUT2D eigenvalue weighted by Gasteiger charge is 2.40. The third kappa shape index (κ3) is 3.17. The summed E-state index contributed by atoms with van der Waals surface area (Å²) in [7, 11) is 3.21. The molecule has 2 aliphatic rings. The molecule has 1 spiro atoms. The fourth-order valence-corrected chi connectivity index (χ4v) is 4.43. The van der Waals surface area contributed by atoms with Crippen LogP contribution in [0.4, 0.5) is 5.69 Å². The van der Waals surface area contributed by atoms with Crippen LogP contribution < -0.4 is 14.8 Å². The van der Waals surface area contributed by atoms with E-state index in [1.54, 1.807) is 32.0 Å². The highest BCUT2D eigenvalue weighted by molar-refractivity contribution is 8.17. The van der Waals surface area contributed by atoms with Crippen molar-refractivity contribution in [3.63, 3.8) is 0 Å². The number of thioether (sulfide) groups is 1. The minimum Gasteiger partial charge on any atom is -0.495 e. The number of nitrogens with one attached hydrogen (secondary N) is 1. The summed E-state index contributed by atoms with van der Waals surface area (Å²) in [5.74, 6) is 1.26. The van der Waals surface area contributed by atoms with E-state index in [0.717, 1.165) is 28.6 Å². The van der Waals surface area contributed by atoms with E-state index in [2.05, 4.69) is 11.9 Å². The van der Waals surface area contributed by atoms with Crippen molar-refractivity contribution in [2.45, 2.75) is 37.6 Å². The highest BCUT2D eigenvalue weighted by Crippen LogP contribution is 2.48. The zero-order valence-corrected chi connectivity index (χ0v) is 15.0. The van der Waals surface area contributed by atoms with E-state index in [4.69, 9.17) is 26.1 Å². The number of benzene rings is 1. The second-order valence-electron chi connectivity index (χ2n) is 5.85. The Hall–Kier alpha value is -1.33. The molecule has 0 bridgehead atoms. The van der Waals surface area contributed by atoms with E-state index >= 15 is 0 Å². The molecule has 1 N–H and O–H groups in total. The van der Waals surface area contributed by atoms with Gasteiger partial charge in [-0.15, -0.1) is 0 Å². The first-order valence-electron chi connectivity index (χ1n) is 7.73. The number of aliphatic imine (C=N–C) groups is 1. The lowest BCUT2D eigenvalue weighted by Gasteiger charge is -2.30. The van der Waals surface area contributed by atoms with Gasteiger partial charge in [0.1, 0.15) is 11.5 Å². The lowest BCUT2D eigenvalue weighted by atomic mass is 9.82. The number of methoxy groups -OCH3 is 2. The largest absolute Gasteiger partial charge is 0.495 e. The summed E-state index contributed by atoms with van der Waals surface area (Å²) in [5.41, 5.74) is 0.704. The van der Waals surface area contributed by atoms with Gasteiger partial charge in [-0.1, -0.05) is 49.2 Å². The summed E-state index contributed by atoms with van der Waals surface area (Å²) in [6.07, 6.45) is 5.90. The molecule has 4 nitrogen and oxygen atoms in total. The minimum atomic E-state index is -0.0883. The summed E-state index contributed by atoms with van der Waals surface area (Å²) >= 11 is 7.77. The molecule has 1 aromatic rings. The monoisotopic (exact) mass is 352 g/mol. The lowest BCUT2D eigenvalue weighted by Crippen LogP contribution is -2.28. The van der Waals surface area contributed by atoms with Crippen LogP contribution >= 0.6 is 23.4 Å². The zero-order valence-electron chi connectivity index (χ0n) is 13.4. The standard InChI is InChI=1S/C17H21ClN2O2S/c1-11-17(7-5-4-6-8-17)20-16(23-11)19-13-10-14(21-2)12(18)9-15(13)22-3/h9-10H,1,4-8H2,2-3H3,(H,19,20). The molecule has 0 aromatic heterocycles. The van der Waals surface area contributed by atoms with Gasteiger partial charge in [0, 0.05) is 17.0 Å².